The van der Waals surface area contributed by atoms with Gasteiger partial charge in [-0.15, -0.1) is 0 Å². The minimum atomic E-state index is -0.450. The van der Waals surface area contributed by atoms with Crippen LogP contribution in [0.25, 0.3) is 0 Å². The molecular formula is C19H24N2O4. The molecule has 1 aromatic heterocycles. The maximum absolute atomic E-state index is 11.7. The van der Waals surface area contributed by atoms with Crippen molar-refractivity contribution in [2.75, 3.05) is 31.2 Å². The predicted molar refractivity (Wildman–Crippen MR) is 94.1 cm³/mol. The second-order valence-electron chi connectivity index (χ2n) is 6.32. The number of aryl methyl sites for hydroxylation is 1. The zero-order valence-corrected chi connectivity index (χ0v) is 14.7. The van der Waals surface area contributed by atoms with Gasteiger partial charge in [0, 0.05) is 19.0 Å². The fourth-order valence-corrected chi connectivity index (χ4v) is 3.00. The molecule has 25 heavy (non-hydrogen) atoms. The molecule has 1 atom stereocenters. The summed E-state index contributed by atoms with van der Waals surface area (Å²) < 4.78 is 16.4. The number of hydrogen-bond acceptors (Lipinski definition) is 6. The number of esters is 1. The summed E-state index contributed by atoms with van der Waals surface area (Å²) in [6.07, 6.45) is 3.51. The van der Waals surface area contributed by atoms with Gasteiger partial charge in [0.1, 0.15) is 12.0 Å². The Bertz CT molecular complexity index is 713. The number of oxazole rings is 1. The van der Waals surface area contributed by atoms with Crippen molar-refractivity contribution in [3.63, 3.8) is 0 Å². The molecule has 1 saturated heterocycles. The number of piperidine rings is 1. The number of aromatic nitrogens is 1. The first-order valence-corrected chi connectivity index (χ1v) is 8.72. The lowest BCUT2D eigenvalue weighted by Gasteiger charge is -2.31. The highest BCUT2D eigenvalue weighted by Crippen LogP contribution is 2.24. The molecule has 2 aromatic rings. The van der Waals surface area contributed by atoms with E-state index in [-0.39, 0.29) is 5.69 Å². The molecule has 1 aliphatic rings. The van der Waals surface area contributed by atoms with Gasteiger partial charge in [-0.25, -0.2) is 4.79 Å². The highest BCUT2D eigenvalue weighted by atomic mass is 16.5. The lowest BCUT2D eigenvalue weighted by Crippen LogP contribution is -2.38. The summed E-state index contributed by atoms with van der Waals surface area (Å²) in [6.45, 7) is 6.47. The molecule has 0 spiro atoms. The molecule has 0 aliphatic carbocycles. The smallest absolute Gasteiger partial charge is 0.360 e. The van der Waals surface area contributed by atoms with Crippen LogP contribution in [0.15, 0.2) is 34.9 Å². The van der Waals surface area contributed by atoms with E-state index in [2.05, 4.69) is 22.9 Å². The molecule has 3 rings (SSSR count). The van der Waals surface area contributed by atoms with Crippen LogP contribution in [0.4, 0.5) is 6.01 Å². The molecule has 6 nitrogen and oxygen atoms in total. The van der Waals surface area contributed by atoms with E-state index >= 15 is 0 Å². The number of ether oxygens (including phenoxy) is 2. The van der Waals surface area contributed by atoms with Gasteiger partial charge < -0.3 is 18.8 Å². The summed E-state index contributed by atoms with van der Waals surface area (Å²) in [6, 6.07) is 8.55. The molecule has 0 N–H and O–H groups in total. The van der Waals surface area contributed by atoms with Crippen LogP contribution in [0.2, 0.25) is 0 Å². The topological polar surface area (TPSA) is 64.8 Å². The maximum Gasteiger partial charge on any atom is 0.360 e. The van der Waals surface area contributed by atoms with E-state index in [9.17, 15) is 4.79 Å². The number of nitrogens with zero attached hydrogens (tertiary/aromatic N) is 2. The van der Waals surface area contributed by atoms with Crippen molar-refractivity contribution in [1.82, 2.24) is 4.98 Å². The highest BCUT2D eigenvalue weighted by molar-refractivity contribution is 5.87. The van der Waals surface area contributed by atoms with E-state index in [1.54, 1.807) is 6.92 Å². The molecule has 0 bridgehead atoms. The van der Waals surface area contributed by atoms with Crippen LogP contribution in [-0.2, 0) is 4.74 Å². The van der Waals surface area contributed by atoms with Crippen LogP contribution < -0.4 is 9.64 Å². The monoisotopic (exact) mass is 344 g/mol. The van der Waals surface area contributed by atoms with E-state index in [0.717, 1.165) is 31.7 Å². The number of anilines is 1. The molecule has 134 valence electrons. The Morgan fingerprint density at radius 3 is 3.12 bits per heavy atom. The zero-order valence-electron chi connectivity index (χ0n) is 14.7. The van der Waals surface area contributed by atoms with E-state index in [1.165, 1.54) is 11.8 Å². The Kier molecular flexibility index (Phi) is 5.58. The average Bonchev–Trinajstić information content (AvgIpc) is 3.11. The van der Waals surface area contributed by atoms with Gasteiger partial charge in [-0.3, -0.25) is 0 Å². The van der Waals surface area contributed by atoms with Crippen molar-refractivity contribution in [3.05, 3.63) is 41.8 Å². The van der Waals surface area contributed by atoms with Gasteiger partial charge in [0.2, 0.25) is 0 Å². The van der Waals surface area contributed by atoms with Gasteiger partial charge >= 0.3 is 5.97 Å². The molecule has 0 saturated carbocycles. The Morgan fingerprint density at radius 2 is 2.32 bits per heavy atom. The van der Waals surface area contributed by atoms with Crippen molar-refractivity contribution >= 4 is 12.0 Å². The Balaban J connectivity index is 1.56. The van der Waals surface area contributed by atoms with Gasteiger partial charge in [-0.2, -0.15) is 4.98 Å². The molecule has 6 heteroatoms. The van der Waals surface area contributed by atoms with E-state index < -0.39 is 5.97 Å². The third-order valence-electron chi connectivity index (χ3n) is 4.24. The quantitative estimate of drug-likeness (QED) is 0.748. The van der Waals surface area contributed by atoms with Crippen molar-refractivity contribution in [1.29, 1.82) is 0 Å². The van der Waals surface area contributed by atoms with Crippen LogP contribution in [0, 0.1) is 12.8 Å². The van der Waals surface area contributed by atoms with E-state index in [1.807, 2.05) is 18.2 Å². The molecule has 1 fully saturated rings. The molecule has 1 aliphatic heterocycles. The van der Waals surface area contributed by atoms with Crippen molar-refractivity contribution in [2.45, 2.75) is 26.7 Å². The minimum absolute atomic E-state index is 0.218. The molecule has 1 unspecified atom stereocenters. The van der Waals surface area contributed by atoms with Gasteiger partial charge in [-0.05, 0) is 44.4 Å². The Hall–Kier alpha value is -2.50. The average molecular weight is 344 g/mol. The van der Waals surface area contributed by atoms with Crippen LogP contribution in [0.3, 0.4) is 0 Å². The SMILES string of the molecule is CCOC(=O)c1coc(N2CCCC(COc3cccc(C)c3)C2)n1. The lowest BCUT2D eigenvalue weighted by molar-refractivity contribution is 0.0519. The fraction of sp³-hybridized carbons (Fsp3) is 0.474. The molecular weight excluding hydrogens is 320 g/mol. The second-order valence-corrected chi connectivity index (χ2v) is 6.32. The molecule has 0 radical (unpaired) electrons. The number of carbonyl (C=O) groups is 1. The number of rotatable bonds is 6. The van der Waals surface area contributed by atoms with Gasteiger partial charge in [0.25, 0.3) is 6.01 Å². The maximum atomic E-state index is 11.7. The minimum Gasteiger partial charge on any atom is -0.493 e. The first-order valence-electron chi connectivity index (χ1n) is 8.72. The first kappa shape index (κ1) is 17.3. The van der Waals surface area contributed by atoms with Crippen LogP contribution >= 0.6 is 0 Å². The summed E-state index contributed by atoms with van der Waals surface area (Å²) in [5.74, 6) is 0.846. The van der Waals surface area contributed by atoms with E-state index in [4.69, 9.17) is 13.9 Å². The summed E-state index contributed by atoms with van der Waals surface area (Å²) in [5.41, 5.74) is 1.41. The van der Waals surface area contributed by atoms with Gasteiger partial charge in [-0.1, -0.05) is 12.1 Å². The molecule has 2 heterocycles. The third kappa shape index (κ3) is 4.53. The van der Waals surface area contributed by atoms with Gasteiger partial charge in [0.15, 0.2) is 5.69 Å². The Morgan fingerprint density at radius 1 is 1.44 bits per heavy atom. The fourth-order valence-electron chi connectivity index (χ4n) is 3.00. The lowest BCUT2D eigenvalue weighted by atomic mass is 9.99. The highest BCUT2D eigenvalue weighted by Gasteiger charge is 2.25. The summed E-state index contributed by atoms with van der Waals surface area (Å²) in [7, 11) is 0. The summed E-state index contributed by atoms with van der Waals surface area (Å²) in [5, 5.41) is 0. The summed E-state index contributed by atoms with van der Waals surface area (Å²) >= 11 is 0. The zero-order chi connectivity index (χ0) is 17.6. The first-order chi connectivity index (χ1) is 12.2. The van der Waals surface area contributed by atoms with Crippen LogP contribution in [-0.4, -0.2) is 37.3 Å². The normalized spacial score (nSPS) is 17.4. The van der Waals surface area contributed by atoms with Crippen molar-refractivity contribution in [2.24, 2.45) is 5.92 Å². The molecule has 0 amide bonds. The Labute approximate surface area is 147 Å². The number of hydrogen-bond donors (Lipinski definition) is 0. The number of benzene rings is 1. The standard InChI is InChI=1S/C19H24N2O4/c1-3-23-18(22)17-13-25-19(20-17)21-9-5-7-15(11-21)12-24-16-8-4-6-14(2)10-16/h4,6,8,10,13,15H,3,5,7,9,11-12H2,1-2H3. The van der Waals surface area contributed by atoms with Crippen molar-refractivity contribution in [3.8, 4) is 5.75 Å². The van der Waals surface area contributed by atoms with Crippen LogP contribution in [0.1, 0.15) is 35.8 Å². The van der Waals surface area contributed by atoms with E-state index in [0.29, 0.717) is 25.1 Å². The van der Waals surface area contributed by atoms with Gasteiger partial charge in [0.05, 0.1) is 13.2 Å². The third-order valence-corrected chi connectivity index (χ3v) is 4.24. The molecule has 1 aromatic carbocycles. The number of carbonyl (C=O) groups excluding carboxylic acids is 1. The second kappa shape index (κ2) is 8.05. The predicted octanol–water partition coefficient (Wildman–Crippen LogP) is 3.46. The summed E-state index contributed by atoms with van der Waals surface area (Å²) in [4.78, 5) is 18.0. The van der Waals surface area contributed by atoms with Crippen molar-refractivity contribution < 1.29 is 18.7 Å². The van der Waals surface area contributed by atoms with Crippen LogP contribution in [0.5, 0.6) is 5.75 Å². The largest absolute Gasteiger partial charge is 0.493 e.